The van der Waals surface area contributed by atoms with E-state index < -0.39 is 59.5 Å². The summed E-state index contributed by atoms with van der Waals surface area (Å²) >= 11 is 13.1. The van der Waals surface area contributed by atoms with Crippen molar-refractivity contribution in [1.82, 2.24) is 16.0 Å². The van der Waals surface area contributed by atoms with Gasteiger partial charge in [0.05, 0.1) is 17.3 Å². The van der Waals surface area contributed by atoms with Crippen LogP contribution in [0.5, 0.6) is 0 Å². The lowest BCUT2D eigenvalue weighted by Gasteiger charge is -2.28. The van der Waals surface area contributed by atoms with Gasteiger partial charge in [-0.25, -0.2) is 0 Å². The van der Waals surface area contributed by atoms with Crippen LogP contribution in [0.15, 0.2) is 53.4 Å². The predicted octanol–water partition coefficient (Wildman–Crippen LogP) is 4.88. The summed E-state index contributed by atoms with van der Waals surface area (Å²) in [5.74, 6) is -11.2. The third-order valence-corrected chi connectivity index (χ3v) is 7.26. The second-order valence-corrected chi connectivity index (χ2v) is 11.7. The first-order chi connectivity index (χ1) is 19.5. The molecule has 2 amide bonds. The Balaban J connectivity index is 2.23. The minimum Gasteiger partial charge on any atom is -0.344 e. The van der Waals surface area contributed by atoms with Gasteiger partial charge in [-0.1, -0.05) is 67.4 Å². The molecule has 3 N–H and O–H groups in total. The molecule has 3 atom stereocenters. The first kappa shape index (κ1) is 35.5. The quantitative estimate of drug-likeness (QED) is 0.109. The van der Waals surface area contributed by atoms with Gasteiger partial charge in [-0.05, 0) is 36.1 Å². The standard InChI is InChI=1S/C27H28Cl2F5N3O4S/c1-15(2)22(23(39)27(33,34)25(41)36-14-26(30,31)32)37-24(40)21(8-16-6-4-3-5-7-16)35-12-20(13-38)42-19-10-17(28)9-18(29)11-19/h3-7,9-11,13,15,20-22,35H,8,12,14H2,1-2H3,(H,36,41)(H,37,40)/t20?,21-,22-/m0/s1. The van der Waals surface area contributed by atoms with E-state index in [2.05, 4.69) is 10.6 Å². The number of amides is 2. The molecule has 0 radical (unpaired) electrons. The summed E-state index contributed by atoms with van der Waals surface area (Å²) in [4.78, 5) is 50.1. The normalized spacial score (nSPS) is 14.1. The maximum atomic E-state index is 14.6. The molecule has 230 valence electrons. The van der Waals surface area contributed by atoms with Gasteiger partial charge in [0.2, 0.25) is 11.7 Å². The molecular formula is C27H28Cl2F5N3O4S. The fourth-order valence-corrected chi connectivity index (χ4v) is 5.27. The van der Waals surface area contributed by atoms with E-state index in [1.165, 1.54) is 19.9 Å². The fourth-order valence-electron chi connectivity index (χ4n) is 3.64. The average molecular weight is 657 g/mol. The zero-order valence-corrected chi connectivity index (χ0v) is 24.6. The molecule has 0 saturated carbocycles. The second kappa shape index (κ2) is 15.6. The molecule has 0 aliphatic heterocycles. The summed E-state index contributed by atoms with van der Waals surface area (Å²) in [5, 5.41) is 6.08. The number of aldehydes is 1. The van der Waals surface area contributed by atoms with Gasteiger partial charge in [-0.15, -0.1) is 11.8 Å². The Bertz CT molecular complexity index is 1230. The number of Topliss-reactive ketones (excluding diaryl/α,β-unsaturated/α-hetero) is 1. The number of hydrogen-bond acceptors (Lipinski definition) is 6. The van der Waals surface area contributed by atoms with E-state index in [1.54, 1.807) is 42.5 Å². The lowest BCUT2D eigenvalue weighted by molar-refractivity contribution is -0.165. The van der Waals surface area contributed by atoms with Gasteiger partial charge in [0, 0.05) is 21.5 Å². The van der Waals surface area contributed by atoms with Gasteiger partial charge < -0.3 is 20.7 Å². The Hall–Kier alpha value is -2.74. The maximum absolute atomic E-state index is 14.6. The average Bonchev–Trinajstić information content (AvgIpc) is 2.90. The van der Waals surface area contributed by atoms with Crippen LogP contribution in [0.2, 0.25) is 10.0 Å². The molecule has 7 nitrogen and oxygen atoms in total. The number of hydrogen-bond donors (Lipinski definition) is 3. The molecule has 0 fully saturated rings. The van der Waals surface area contributed by atoms with Gasteiger partial charge in [-0.2, -0.15) is 22.0 Å². The highest BCUT2D eigenvalue weighted by Crippen LogP contribution is 2.29. The SMILES string of the molecule is CC(C)[C@H](NC(=O)[C@H](Cc1ccccc1)NCC(C=O)Sc1cc(Cl)cc(Cl)c1)C(=O)C(F)(F)C(=O)NCC(F)(F)F. The van der Waals surface area contributed by atoms with E-state index in [9.17, 15) is 41.1 Å². The van der Waals surface area contributed by atoms with Gasteiger partial charge in [0.1, 0.15) is 12.8 Å². The summed E-state index contributed by atoms with van der Waals surface area (Å²) in [6.07, 6.45) is -4.33. The summed E-state index contributed by atoms with van der Waals surface area (Å²) in [7, 11) is 0. The van der Waals surface area contributed by atoms with Crippen molar-refractivity contribution in [3.05, 3.63) is 64.1 Å². The number of ketones is 1. The van der Waals surface area contributed by atoms with Crippen LogP contribution in [-0.2, 0) is 25.6 Å². The molecule has 0 heterocycles. The smallest absolute Gasteiger partial charge is 0.344 e. The van der Waals surface area contributed by atoms with E-state index in [-0.39, 0.29) is 13.0 Å². The topological polar surface area (TPSA) is 104 Å². The summed E-state index contributed by atoms with van der Waals surface area (Å²) < 4.78 is 66.4. The molecule has 0 spiro atoms. The van der Waals surface area contributed by atoms with Crippen molar-refractivity contribution in [2.75, 3.05) is 13.1 Å². The summed E-state index contributed by atoms with van der Waals surface area (Å²) in [6, 6.07) is 10.2. The fraction of sp³-hybridized carbons (Fsp3) is 0.407. The molecular weight excluding hydrogens is 628 g/mol. The number of thioether (sulfide) groups is 1. The first-order valence-corrected chi connectivity index (χ1v) is 14.1. The van der Waals surface area contributed by atoms with Crippen LogP contribution in [0.1, 0.15) is 19.4 Å². The lowest BCUT2D eigenvalue weighted by atomic mass is 9.94. The molecule has 0 bridgehead atoms. The Labute approximate surface area is 253 Å². The number of carbonyl (C=O) groups excluding carboxylic acids is 4. The van der Waals surface area contributed by atoms with E-state index in [1.807, 2.05) is 0 Å². The molecule has 0 aliphatic carbocycles. The van der Waals surface area contributed by atoms with E-state index in [4.69, 9.17) is 23.2 Å². The highest BCUT2D eigenvalue weighted by atomic mass is 35.5. The van der Waals surface area contributed by atoms with Gasteiger partial charge in [0.25, 0.3) is 5.91 Å². The molecule has 0 saturated heterocycles. The van der Waals surface area contributed by atoms with E-state index >= 15 is 0 Å². The molecule has 0 aromatic heterocycles. The number of rotatable bonds is 15. The van der Waals surface area contributed by atoms with E-state index in [0.29, 0.717) is 26.8 Å². The Morgan fingerprint density at radius 2 is 1.57 bits per heavy atom. The number of halogens is 7. The van der Waals surface area contributed by atoms with Gasteiger partial charge in [-0.3, -0.25) is 14.4 Å². The molecule has 1 unspecified atom stereocenters. The van der Waals surface area contributed by atoms with Crippen molar-refractivity contribution < 1.29 is 41.1 Å². The van der Waals surface area contributed by atoms with Crippen LogP contribution in [-0.4, -0.2) is 66.4 Å². The lowest BCUT2D eigenvalue weighted by Crippen LogP contribution is -2.59. The summed E-state index contributed by atoms with van der Waals surface area (Å²) in [5.41, 5.74) is 0.659. The zero-order chi connectivity index (χ0) is 31.7. The third-order valence-electron chi connectivity index (χ3n) is 5.73. The maximum Gasteiger partial charge on any atom is 0.405 e. The first-order valence-electron chi connectivity index (χ1n) is 12.5. The molecule has 2 aromatic carbocycles. The predicted molar refractivity (Wildman–Crippen MR) is 150 cm³/mol. The van der Waals surface area contributed by atoms with Crippen LogP contribution in [0.3, 0.4) is 0 Å². The zero-order valence-electron chi connectivity index (χ0n) is 22.3. The molecule has 2 aromatic rings. The van der Waals surface area contributed by atoms with Crippen LogP contribution in [0.4, 0.5) is 22.0 Å². The molecule has 0 aliphatic rings. The minimum absolute atomic E-state index is 0.0212. The van der Waals surface area contributed by atoms with Crippen molar-refractivity contribution >= 4 is 58.8 Å². The molecule has 42 heavy (non-hydrogen) atoms. The minimum atomic E-state index is -4.98. The third kappa shape index (κ3) is 11.2. The van der Waals surface area contributed by atoms with Gasteiger partial charge >= 0.3 is 12.1 Å². The largest absolute Gasteiger partial charge is 0.405 e. The number of carbonyl (C=O) groups is 4. The highest BCUT2D eigenvalue weighted by molar-refractivity contribution is 8.00. The van der Waals surface area contributed by atoms with Crippen LogP contribution in [0.25, 0.3) is 0 Å². The second-order valence-electron chi connectivity index (χ2n) is 9.51. The van der Waals surface area contributed by atoms with Crippen molar-refractivity contribution in [3.63, 3.8) is 0 Å². The molecule has 2 rings (SSSR count). The number of nitrogens with one attached hydrogen (secondary N) is 3. The van der Waals surface area contributed by atoms with Gasteiger partial charge in [0.15, 0.2) is 0 Å². The highest BCUT2D eigenvalue weighted by Gasteiger charge is 2.52. The molecule has 15 heteroatoms. The van der Waals surface area contributed by atoms with Crippen LogP contribution >= 0.6 is 35.0 Å². The van der Waals surface area contributed by atoms with Crippen molar-refractivity contribution in [2.45, 2.75) is 54.6 Å². The van der Waals surface area contributed by atoms with Crippen molar-refractivity contribution in [2.24, 2.45) is 5.92 Å². The summed E-state index contributed by atoms with van der Waals surface area (Å²) in [6.45, 7) is 0.510. The Morgan fingerprint density at radius 3 is 2.10 bits per heavy atom. The Kier molecular flexibility index (Phi) is 13.2. The van der Waals surface area contributed by atoms with Crippen molar-refractivity contribution in [3.8, 4) is 0 Å². The Morgan fingerprint density at radius 1 is 0.976 bits per heavy atom. The van der Waals surface area contributed by atoms with Crippen LogP contribution < -0.4 is 16.0 Å². The van der Waals surface area contributed by atoms with Crippen molar-refractivity contribution in [1.29, 1.82) is 0 Å². The monoisotopic (exact) mass is 655 g/mol. The number of alkyl halides is 5. The van der Waals surface area contributed by atoms with Crippen LogP contribution in [0, 0.1) is 5.92 Å². The number of benzene rings is 2. The van der Waals surface area contributed by atoms with E-state index in [0.717, 1.165) is 17.1 Å².